The molecule has 6 nitrogen and oxygen atoms in total. The second-order valence-electron chi connectivity index (χ2n) is 6.38. The summed E-state index contributed by atoms with van der Waals surface area (Å²) in [6, 6.07) is 13.8. The lowest BCUT2D eigenvalue weighted by molar-refractivity contribution is 0.223. The van der Waals surface area contributed by atoms with Crippen molar-refractivity contribution in [2.45, 2.75) is 33.4 Å². The molecule has 0 saturated carbocycles. The summed E-state index contributed by atoms with van der Waals surface area (Å²) in [5.41, 5.74) is 5.32. The van der Waals surface area contributed by atoms with Gasteiger partial charge in [0.05, 0.1) is 19.3 Å². The Morgan fingerprint density at radius 2 is 1.96 bits per heavy atom. The van der Waals surface area contributed by atoms with Gasteiger partial charge in [-0.3, -0.25) is 0 Å². The maximum absolute atomic E-state index is 5.87. The Kier molecular flexibility index (Phi) is 6.74. The van der Waals surface area contributed by atoms with Crippen LogP contribution in [0.25, 0.3) is 11.4 Å². The number of aromatic nitrogens is 3. The Morgan fingerprint density at radius 3 is 2.64 bits per heavy atom. The fraction of sp³-hybridized carbons (Fsp3) is 0.300. The van der Waals surface area contributed by atoms with Crippen LogP contribution in [0.3, 0.4) is 0 Å². The number of benzene rings is 2. The molecule has 1 aromatic heterocycles. The molecule has 0 saturated heterocycles. The Hall–Kier alpha value is -2.32. The summed E-state index contributed by atoms with van der Waals surface area (Å²) in [7, 11) is 0. The summed E-state index contributed by atoms with van der Waals surface area (Å²) in [4.78, 5) is 0. The van der Waals surface area contributed by atoms with Gasteiger partial charge in [-0.05, 0) is 50.7 Å². The number of ether oxygens (including phenoxy) is 2. The molecule has 0 atom stereocenters. The van der Waals surface area contributed by atoms with Gasteiger partial charge in [0.2, 0.25) is 4.77 Å². The molecule has 2 aromatic carbocycles. The Labute approximate surface area is 178 Å². The lowest BCUT2D eigenvalue weighted by Gasteiger charge is -2.17. The first-order valence-corrected chi connectivity index (χ1v) is 10.3. The van der Waals surface area contributed by atoms with Gasteiger partial charge in [0.1, 0.15) is 0 Å². The quantitative estimate of drug-likeness (QED) is 0.444. The van der Waals surface area contributed by atoms with E-state index in [1.807, 2.05) is 63.2 Å². The number of hydrogen-bond donors (Lipinski definition) is 2. The highest BCUT2D eigenvalue weighted by Gasteiger charge is 2.14. The topological polar surface area (TPSA) is 64.1 Å². The van der Waals surface area contributed by atoms with Crippen LogP contribution in [-0.2, 0) is 6.54 Å². The molecule has 2 N–H and O–H groups in total. The van der Waals surface area contributed by atoms with Crippen molar-refractivity contribution >= 4 is 28.1 Å². The van der Waals surface area contributed by atoms with Gasteiger partial charge in [-0.25, -0.2) is 9.77 Å². The molecule has 0 amide bonds. The number of nitrogens with one attached hydrogen (secondary N) is 2. The molecular weight excluding hydrogens is 440 g/mol. The van der Waals surface area contributed by atoms with E-state index < -0.39 is 0 Å². The van der Waals surface area contributed by atoms with Crippen LogP contribution in [0, 0.1) is 4.77 Å². The van der Waals surface area contributed by atoms with Gasteiger partial charge in [-0.15, -0.1) is 0 Å². The van der Waals surface area contributed by atoms with Crippen LogP contribution in [0.15, 0.2) is 46.9 Å². The van der Waals surface area contributed by atoms with Gasteiger partial charge in [0, 0.05) is 10.0 Å². The van der Waals surface area contributed by atoms with Crippen molar-refractivity contribution in [1.29, 1.82) is 0 Å². The molecule has 8 heteroatoms. The highest BCUT2D eigenvalue weighted by atomic mass is 79.9. The first-order chi connectivity index (χ1) is 13.5. The summed E-state index contributed by atoms with van der Waals surface area (Å²) in [5, 5.41) is 7.19. The molecule has 3 rings (SSSR count). The second-order valence-corrected chi connectivity index (χ2v) is 7.62. The van der Waals surface area contributed by atoms with Crippen LogP contribution in [0.2, 0.25) is 0 Å². The minimum Gasteiger partial charge on any atom is -0.490 e. The van der Waals surface area contributed by atoms with Crippen molar-refractivity contribution in [1.82, 2.24) is 14.9 Å². The maximum Gasteiger partial charge on any atom is 0.214 e. The third kappa shape index (κ3) is 4.74. The van der Waals surface area contributed by atoms with Gasteiger partial charge in [-0.2, -0.15) is 5.10 Å². The van der Waals surface area contributed by atoms with E-state index in [1.54, 1.807) is 4.68 Å². The summed E-state index contributed by atoms with van der Waals surface area (Å²) in [6.45, 7) is 7.02. The first kappa shape index (κ1) is 20.4. The standard InChI is InChI=1S/C20H23BrN4O2S/c1-4-26-17-10-15(16(21)11-18(17)27-13(2)3)12-22-25-19(23-24-20(25)28)14-8-6-5-7-9-14/h5-11,13,22H,4,12H2,1-3H3,(H,24,28). The van der Waals surface area contributed by atoms with E-state index >= 15 is 0 Å². The average Bonchev–Trinajstić information content (AvgIpc) is 3.04. The minimum absolute atomic E-state index is 0.0628. The maximum atomic E-state index is 5.87. The lowest BCUT2D eigenvalue weighted by Crippen LogP contribution is -2.16. The summed E-state index contributed by atoms with van der Waals surface area (Å²) >= 11 is 9.02. The molecular formula is C20H23BrN4O2S. The predicted molar refractivity (Wildman–Crippen MR) is 117 cm³/mol. The van der Waals surface area contributed by atoms with E-state index in [-0.39, 0.29) is 6.10 Å². The molecule has 0 fully saturated rings. The normalized spacial score (nSPS) is 10.9. The molecule has 148 valence electrons. The molecule has 3 aromatic rings. The molecule has 28 heavy (non-hydrogen) atoms. The Morgan fingerprint density at radius 1 is 1.21 bits per heavy atom. The Bertz CT molecular complexity index is 986. The van der Waals surface area contributed by atoms with Crippen molar-refractivity contribution in [2.75, 3.05) is 12.0 Å². The molecule has 0 aliphatic heterocycles. The van der Waals surface area contributed by atoms with Gasteiger partial charge in [-0.1, -0.05) is 46.3 Å². The monoisotopic (exact) mass is 462 g/mol. The zero-order valence-corrected chi connectivity index (χ0v) is 18.4. The highest BCUT2D eigenvalue weighted by Crippen LogP contribution is 2.34. The van der Waals surface area contributed by atoms with Crippen LogP contribution in [0.4, 0.5) is 0 Å². The van der Waals surface area contributed by atoms with Crippen molar-refractivity contribution in [2.24, 2.45) is 0 Å². The smallest absolute Gasteiger partial charge is 0.214 e. The van der Waals surface area contributed by atoms with E-state index in [4.69, 9.17) is 21.7 Å². The van der Waals surface area contributed by atoms with E-state index in [1.165, 1.54) is 0 Å². The molecule has 0 aliphatic carbocycles. The zero-order valence-electron chi connectivity index (χ0n) is 16.0. The number of H-pyrrole nitrogens is 1. The third-order valence-electron chi connectivity index (χ3n) is 3.91. The average molecular weight is 463 g/mol. The van der Waals surface area contributed by atoms with Gasteiger partial charge < -0.3 is 14.9 Å². The summed E-state index contributed by atoms with van der Waals surface area (Å²) in [5.74, 6) is 2.17. The van der Waals surface area contributed by atoms with Crippen LogP contribution < -0.4 is 14.9 Å². The fourth-order valence-corrected chi connectivity index (χ4v) is 3.38. The third-order valence-corrected chi connectivity index (χ3v) is 4.92. The Balaban J connectivity index is 1.86. The molecule has 0 bridgehead atoms. The molecule has 0 aliphatic rings. The minimum atomic E-state index is 0.0628. The van der Waals surface area contributed by atoms with Gasteiger partial charge >= 0.3 is 0 Å². The van der Waals surface area contributed by atoms with Crippen molar-refractivity contribution in [3.63, 3.8) is 0 Å². The predicted octanol–water partition coefficient (Wildman–Crippen LogP) is 5.30. The van der Waals surface area contributed by atoms with Crippen LogP contribution in [0.5, 0.6) is 11.5 Å². The largest absolute Gasteiger partial charge is 0.490 e. The summed E-state index contributed by atoms with van der Waals surface area (Å²) in [6.07, 6.45) is 0.0628. The first-order valence-electron chi connectivity index (χ1n) is 9.08. The number of aromatic amines is 1. The number of rotatable bonds is 8. The second kappa shape index (κ2) is 9.25. The van der Waals surface area contributed by atoms with Crippen molar-refractivity contribution in [3.8, 4) is 22.9 Å². The highest BCUT2D eigenvalue weighted by molar-refractivity contribution is 9.10. The van der Waals surface area contributed by atoms with E-state index in [0.29, 0.717) is 17.9 Å². The van der Waals surface area contributed by atoms with Gasteiger partial charge in [0.15, 0.2) is 17.3 Å². The van der Waals surface area contributed by atoms with Crippen LogP contribution in [-0.4, -0.2) is 27.6 Å². The van der Waals surface area contributed by atoms with Crippen molar-refractivity contribution in [3.05, 3.63) is 57.3 Å². The number of nitrogens with zero attached hydrogens (tertiary/aromatic N) is 2. The lowest BCUT2D eigenvalue weighted by atomic mass is 10.2. The molecule has 0 radical (unpaired) electrons. The van der Waals surface area contributed by atoms with E-state index in [2.05, 4.69) is 31.6 Å². The van der Waals surface area contributed by atoms with Crippen LogP contribution >= 0.6 is 28.1 Å². The number of halogens is 1. The number of hydrogen-bond acceptors (Lipinski definition) is 5. The van der Waals surface area contributed by atoms with Gasteiger partial charge in [0.25, 0.3) is 0 Å². The van der Waals surface area contributed by atoms with E-state index in [9.17, 15) is 0 Å². The zero-order chi connectivity index (χ0) is 20.1. The van der Waals surface area contributed by atoms with Crippen LogP contribution in [0.1, 0.15) is 26.3 Å². The fourth-order valence-electron chi connectivity index (χ4n) is 2.72. The SMILES string of the molecule is CCOc1cc(CNn2c(-c3ccccc3)n[nH]c2=S)c(Br)cc1OC(C)C. The van der Waals surface area contributed by atoms with Crippen molar-refractivity contribution < 1.29 is 9.47 Å². The summed E-state index contributed by atoms with van der Waals surface area (Å²) < 4.78 is 14.8. The molecule has 1 heterocycles. The molecule has 0 unspecified atom stereocenters. The van der Waals surface area contributed by atoms with E-state index in [0.717, 1.165) is 32.9 Å². The molecule has 0 spiro atoms.